The van der Waals surface area contributed by atoms with Gasteiger partial charge in [-0.2, -0.15) is 0 Å². The molecule has 0 aliphatic rings. The van der Waals surface area contributed by atoms with Crippen molar-refractivity contribution in [3.63, 3.8) is 0 Å². The predicted molar refractivity (Wildman–Crippen MR) is 59.5 cm³/mol. The summed E-state index contributed by atoms with van der Waals surface area (Å²) < 4.78 is 26.9. The third kappa shape index (κ3) is 4.99. The van der Waals surface area contributed by atoms with Gasteiger partial charge in [0.1, 0.15) is 15.6 Å². The highest BCUT2D eigenvalue weighted by molar-refractivity contribution is 7.90. The lowest BCUT2D eigenvalue weighted by Gasteiger charge is -2.10. The van der Waals surface area contributed by atoms with Gasteiger partial charge in [0.05, 0.1) is 18.1 Å². The molecule has 5 heteroatoms. The fourth-order valence-corrected chi connectivity index (χ4v) is 1.96. The summed E-state index contributed by atoms with van der Waals surface area (Å²) >= 11 is 0. The lowest BCUT2D eigenvalue weighted by molar-refractivity contribution is 0.431. The van der Waals surface area contributed by atoms with Gasteiger partial charge < -0.3 is 9.73 Å². The molecule has 0 aromatic carbocycles. The van der Waals surface area contributed by atoms with E-state index in [0.29, 0.717) is 13.0 Å². The summed E-state index contributed by atoms with van der Waals surface area (Å²) in [4.78, 5) is 0. The fourth-order valence-electron chi connectivity index (χ4n) is 1.29. The van der Waals surface area contributed by atoms with Gasteiger partial charge >= 0.3 is 0 Å². The molecule has 0 aliphatic heterocycles. The first kappa shape index (κ1) is 12.3. The van der Waals surface area contributed by atoms with Crippen molar-refractivity contribution in [3.05, 3.63) is 24.2 Å². The first-order valence-corrected chi connectivity index (χ1v) is 6.99. The Balaban J connectivity index is 2.21. The van der Waals surface area contributed by atoms with Crippen LogP contribution < -0.4 is 5.32 Å². The molecule has 0 spiro atoms. The Morgan fingerprint density at radius 2 is 2.27 bits per heavy atom. The number of furan rings is 1. The lowest BCUT2D eigenvalue weighted by Crippen LogP contribution is -2.21. The molecule has 1 heterocycles. The summed E-state index contributed by atoms with van der Waals surface area (Å²) in [6.45, 7) is 2.66. The minimum atomic E-state index is -2.84. The van der Waals surface area contributed by atoms with E-state index in [9.17, 15) is 8.42 Å². The van der Waals surface area contributed by atoms with E-state index in [1.54, 1.807) is 6.26 Å². The van der Waals surface area contributed by atoms with Crippen molar-refractivity contribution in [2.75, 3.05) is 18.6 Å². The maximum atomic E-state index is 10.9. The van der Waals surface area contributed by atoms with E-state index >= 15 is 0 Å². The molecule has 1 aromatic heterocycles. The Bertz CT molecular complexity index is 369. The smallest absolute Gasteiger partial charge is 0.147 e. The summed E-state index contributed by atoms with van der Waals surface area (Å²) in [5.74, 6) is 1.10. The average Bonchev–Trinajstić information content (AvgIpc) is 2.63. The van der Waals surface area contributed by atoms with Crippen molar-refractivity contribution < 1.29 is 12.8 Å². The number of hydrogen-bond donors (Lipinski definition) is 1. The standard InChI is InChI=1S/C10H17NO3S/c1-9(10-5-3-7-14-10)11-6-4-8-15(2,12)13/h3,5,7,9,11H,4,6,8H2,1-2H3/t9-/m1/s1. The van der Waals surface area contributed by atoms with Gasteiger partial charge in [-0.15, -0.1) is 0 Å². The van der Waals surface area contributed by atoms with Gasteiger partial charge in [-0.3, -0.25) is 0 Å². The minimum absolute atomic E-state index is 0.125. The highest BCUT2D eigenvalue weighted by Gasteiger charge is 2.07. The molecule has 0 aliphatic carbocycles. The average molecular weight is 231 g/mol. The van der Waals surface area contributed by atoms with Crippen molar-refractivity contribution in [1.82, 2.24) is 5.32 Å². The zero-order valence-corrected chi connectivity index (χ0v) is 9.88. The van der Waals surface area contributed by atoms with E-state index in [2.05, 4.69) is 5.32 Å². The van der Waals surface area contributed by atoms with E-state index in [0.717, 1.165) is 5.76 Å². The zero-order valence-electron chi connectivity index (χ0n) is 9.06. The van der Waals surface area contributed by atoms with Crippen molar-refractivity contribution in [1.29, 1.82) is 0 Å². The molecule has 0 bridgehead atoms. The highest BCUT2D eigenvalue weighted by Crippen LogP contribution is 2.11. The summed E-state index contributed by atoms with van der Waals surface area (Å²) in [5, 5.41) is 3.20. The Kier molecular flexibility index (Phi) is 4.35. The van der Waals surface area contributed by atoms with Gasteiger partial charge in [0.2, 0.25) is 0 Å². The van der Waals surface area contributed by atoms with Gasteiger partial charge in [0, 0.05) is 6.26 Å². The molecule has 1 N–H and O–H groups in total. The van der Waals surface area contributed by atoms with Crippen molar-refractivity contribution in [2.24, 2.45) is 0 Å². The van der Waals surface area contributed by atoms with Crippen LogP contribution in [0.2, 0.25) is 0 Å². The molecular weight excluding hydrogens is 214 g/mol. The molecular formula is C10H17NO3S. The third-order valence-electron chi connectivity index (χ3n) is 2.11. The second kappa shape index (κ2) is 5.32. The van der Waals surface area contributed by atoms with E-state index in [4.69, 9.17) is 4.42 Å². The molecule has 1 aromatic rings. The molecule has 1 rings (SSSR count). The molecule has 4 nitrogen and oxygen atoms in total. The molecule has 1 atom stereocenters. The summed E-state index contributed by atoms with van der Waals surface area (Å²) in [7, 11) is -2.84. The van der Waals surface area contributed by atoms with Gasteiger partial charge in [-0.1, -0.05) is 0 Å². The first-order valence-electron chi connectivity index (χ1n) is 4.93. The Morgan fingerprint density at radius 1 is 1.53 bits per heavy atom. The van der Waals surface area contributed by atoms with Crippen LogP contribution in [0.4, 0.5) is 0 Å². The Hall–Kier alpha value is -0.810. The predicted octanol–water partition coefficient (Wildman–Crippen LogP) is 1.36. The van der Waals surface area contributed by atoms with Gasteiger partial charge in [0.15, 0.2) is 0 Å². The van der Waals surface area contributed by atoms with Gasteiger partial charge in [-0.05, 0) is 32.0 Å². The maximum Gasteiger partial charge on any atom is 0.147 e. The number of sulfone groups is 1. The van der Waals surface area contributed by atoms with E-state index in [1.165, 1.54) is 6.26 Å². The second-order valence-corrected chi connectivity index (χ2v) is 5.93. The number of hydrogen-bond acceptors (Lipinski definition) is 4. The SMILES string of the molecule is C[C@@H](NCCCS(C)(=O)=O)c1ccco1. The maximum absolute atomic E-state index is 10.9. The van der Waals surface area contributed by atoms with Crippen LogP contribution in [0.5, 0.6) is 0 Å². The van der Waals surface area contributed by atoms with Crippen LogP contribution >= 0.6 is 0 Å². The third-order valence-corrected chi connectivity index (χ3v) is 3.14. The summed E-state index contributed by atoms with van der Waals surface area (Å²) in [6.07, 6.45) is 3.51. The van der Waals surface area contributed by atoms with Crippen LogP contribution in [0.3, 0.4) is 0 Å². The van der Waals surface area contributed by atoms with Crippen LogP contribution in [-0.4, -0.2) is 27.0 Å². The van der Waals surface area contributed by atoms with Crippen LogP contribution in [0.15, 0.2) is 22.8 Å². The molecule has 0 unspecified atom stereocenters. The molecule has 0 saturated heterocycles. The van der Waals surface area contributed by atoms with Crippen molar-refractivity contribution in [2.45, 2.75) is 19.4 Å². The lowest BCUT2D eigenvalue weighted by atomic mass is 10.2. The van der Waals surface area contributed by atoms with Crippen LogP contribution in [0.25, 0.3) is 0 Å². The van der Waals surface area contributed by atoms with E-state index < -0.39 is 9.84 Å². The van der Waals surface area contributed by atoms with Crippen molar-refractivity contribution >= 4 is 9.84 Å². The van der Waals surface area contributed by atoms with E-state index in [-0.39, 0.29) is 11.8 Å². The molecule has 86 valence electrons. The van der Waals surface area contributed by atoms with Gasteiger partial charge in [0.25, 0.3) is 0 Å². The highest BCUT2D eigenvalue weighted by atomic mass is 32.2. The van der Waals surface area contributed by atoms with Crippen molar-refractivity contribution in [3.8, 4) is 0 Å². The number of nitrogens with one attached hydrogen (secondary N) is 1. The van der Waals surface area contributed by atoms with Crippen LogP contribution in [0.1, 0.15) is 25.1 Å². The molecule has 15 heavy (non-hydrogen) atoms. The first-order chi connectivity index (χ1) is 6.99. The monoisotopic (exact) mass is 231 g/mol. The Labute approximate surface area is 90.6 Å². The molecule has 0 saturated carbocycles. The summed E-state index contributed by atoms with van der Waals surface area (Å²) in [5.41, 5.74) is 0. The largest absolute Gasteiger partial charge is 0.468 e. The second-order valence-electron chi connectivity index (χ2n) is 3.67. The van der Waals surface area contributed by atoms with E-state index in [1.807, 2.05) is 19.1 Å². The normalized spacial score (nSPS) is 14.0. The van der Waals surface area contributed by atoms with Gasteiger partial charge in [-0.25, -0.2) is 8.42 Å². The molecule has 0 amide bonds. The number of rotatable bonds is 6. The zero-order chi connectivity index (χ0) is 11.3. The van der Waals surface area contributed by atoms with Crippen LogP contribution in [0, 0.1) is 0 Å². The molecule has 0 fully saturated rings. The minimum Gasteiger partial charge on any atom is -0.468 e. The summed E-state index contributed by atoms with van der Waals surface area (Å²) in [6, 6.07) is 3.86. The fraction of sp³-hybridized carbons (Fsp3) is 0.600. The Morgan fingerprint density at radius 3 is 2.80 bits per heavy atom. The molecule has 0 radical (unpaired) electrons. The van der Waals surface area contributed by atoms with Crippen LogP contribution in [-0.2, 0) is 9.84 Å². The quantitative estimate of drug-likeness (QED) is 0.751. The topological polar surface area (TPSA) is 59.3 Å².